The van der Waals surface area contributed by atoms with Gasteiger partial charge < -0.3 is 20.1 Å². The fourth-order valence-corrected chi connectivity index (χ4v) is 2.45. The molecular formula is C18H22ClN3O6. The molecule has 0 aliphatic carbocycles. The van der Waals surface area contributed by atoms with Gasteiger partial charge in [0.2, 0.25) is 5.91 Å². The molecule has 3 N–H and O–H groups in total. The molecule has 1 heterocycles. The van der Waals surface area contributed by atoms with Crippen molar-refractivity contribution in [3.63, 3.8) is 0 Å². The van der Waals surface area contributed by atoms with Crippen LogP contribution in [0.5, 0.6) is 0 Å². The third-order valence-electron chi connectivity index (χ3n) is 3.53. The van der Waals surface area contributed by atoms with Gasteiger partial charge in [-0.05, 0) is 18.6 Å². The van der Waals surface area contributed by atoms with Crippen LogP contribution in [0, 0.1) is 0 Å². The van der Waals surface area contributed by atoms with Crippen LogP contribution < -0.4 is 16.1 Å². The molecule has 1 aliphatic rings. The fourth-order valence-electron chi connectivity index (χ4n) is 2.27. The number of esters is 1. The van der Waals surface area contributed by atoms with Gasteiger partial charge in [-0.25, -0.2) is 4.79 Å². The van der Waals surface area contributed by atoms with E-state index in [-0.39, 0.29) is 24.7 Å². The minimum atomic E-state index is -1.27. The molecule has 0 bridgehead atoms. The van der Waals surface area contributed by atoms with Crippen molar-refractivity contribution in [2.24, 2.45) is 0 Å². The van der Waals surface area contributed by atoms with Gasteiger partial charge in [-0.3, -0.25) is 19.9 Å². The van der Waals surface area contributed by atoms with Gasteiger partial charge in [0.15, 0.2) is 0 Å². The summed E-state index contributed by atoms with van der Waals surface area (Å²) >= 11 is 5.78. The highest BCUT2D eigenvalue weighted by atomic mass is 35.5. The summed E-state index contributed by atoms with van der Waals surface area (Å²) in [5.41, 5.74) is 2.91. The average Bonchev–Trinajstić information content (AvgIpc) is 3.11. The van der Waals surface area contributed by atoms with Crippen molar-refractivity contribution in [2.45, 2.75) is 32.1 Å². The van der Waals surface area contributed by atoms with Crippen molar-refractivity contribution >= 4 is 29.6 Å². The molecular weight excluding hydrogens is 390 g/mol. The predicted molar refractivity (Wildman–Crippen MR) is 99.8 cm³/mol. The second-order valence-electron chi connectivity index (χ2n) is 5.66. The second kappa shape index (κ2) is 11.2. The lowest BCUT2D eigenvalue weighted by Gasteiger charge is -2.20. The monoisotopic (exact) mass is 412 g/mol. The number of hydroxylamine groups is 1. The van der Waals surface area contributed by atoms with Gasteiger partial charge in [0.25, 0.3) is 0 Å². The Morgan fingerprint density at radius 1 is 1.32 bits per heavy atom. The van der Waals surface area contributed by atoms with Crippen LogP contribution in [0.2, 0.25) is 0 Å². The lowest BCUT2D eigenvalue weighted by atomic mass is 10.1. The minimum Gasteiger partial charge on any atom is -0.465 e. The summed E-state index contributed by atoms with van der Waals surface area (Å²) < 4.78 is 17.7. The summed E-state index contributed by atoms with van der Waals surface area (Å²) in [6.45, 7) is 0.201. The first kappa shape index (κ1) is 20.0. The van der Waals surface area contributed by atoms with E-state index in [0.717, 1.165) is 0 Å². The molecule has 1 aromatic rings. The number of carbonyl (C=O) groups excluding carboxylic acids is 3. The van der Waals surface area contributed by atoms with Gasteiger partial charge in [-0.1, -0.05) is 41.9 Å². The first-order valence-electron chi connectivity index (χ1n) is 9.13. The molecule has 0 fully saturated rings. The maximum atomic E-state index is 12.4. The molecule has 9 nitrogen and oxygen atoms in total. The van der Waals surface area contributed by atoms with Crippen molar-refractivity contribution in [3.8, 4) is 0 Å². The van der Waals surface area contributed by atoms with Gasteiger partial charge in [0, 0.05) is 6.42 Å². The topological polar surface area (TPSA) is 115 Å². The number of alkyl carbamates (subject to hydrolysis) is 1. The summed E-state index contributed by atoms with van der Waals surface area (Å²) in [5.74, 6) is -1.25. The Bertz CT molecular complexity index is 748. The van der Waals surface area contributed by atoms with Crippen LogP contribution in [0.4, 0.5) is 4.79 Å². The number of ether oxygens (including phenoxy) is 2. The Hall–Kier alpha value is -2.78. The van der Waals surface area contributed by atoms with Gasteiger partial charge in [-0.15, -0.1) is 0 Å². The van der Waals surface area contributed by atoms with E-state index >= 15 is 0 Å². The molecule has 3 atom stereocenters. The highest BCUT2D eigenvalue weighted by Gasteiger charge is 2.28. The first-order chi connectivity index (χ1) is 13.9. The van der Waals surface area contributed by atoms with E-state index in [1.165, 1.54) is 6.08 Å². The van der Waals surface area contributed by atoms with Crippen LogP contribution in [0.3, 0.4) is 0 Å². The van der Waals surface area contributed by atoms with Crippen LogP contribution >= 0.6 is 11.6 Å². The SMILES string of the molecule is [2H]C(OC(=O)N[C@@H](CC1C=C(Cl)NO1)C(=O)NCC(=O)OCC)c1ccccc1. The van der Waals surface area contributed by atoms with E-state index in [1.807, 2.05) is 0 Å². The minimum absolute atomic E-state index is 0.0149. The summed E-state index contributed by atoms with van der Waals surface area (Å²) in [6, 6.07) is 7.37. The predicted octanol–water partition coefficient (Wildman–Crippen LogP) is 1.33. The zero-order valence-corrected chi connectivity index (χ0v) is 15.9. The van der Waals surface area contributed by atoms with E-state index in [2.05, 4.69) is 16.1 Å². The van der Waals surface area contributed by atoms with Crippen molar-refractivity contribution in [3.05, 3.63) is 47.1 Å². The van der Waals surface area contributed by atoms with E-state index in [9.17, 15) is 14.4 Å². The third kappa shape index (κ3) is 7.45. The van der Waals surface area contributed by atoms with Crippen LogP contribution in [0.1, 0.15) is 20.3 Å². The number of amides is 2. The zero-order chi connectivity index (χ0) is 21.2. The van der Waals surface area contributed by atoms with Gasteiger partial charge >= 0.3 is 12.1 Å². The molecule has 10 heteroatoms. The third-order valence-corrected chi connectivity index (χ3v) is 3.73. The summed E-state index contributed by atoms with van der Waals surface area (Å²) in [7, 11) is 0. The smallest absolute Gasteiger partial charge is 0.408 e. The summed E-state index contributed by atoms with van der Waals surface area (Å²) in [4.78, 5) is 41.3. The Labute approximate surface area is 168 Å². The Balaban J connectivity index is 1.96. The van der Waals surface area contributed by atoms with Crippen molar-refractivity contribution < 1.29 is 30.1 Å². The number of carbonyl (C=O) groups is 3. The number of benzene rings is 1. The van der Waals surface area contributed by atoms with E-state index < -0.39 is 36.7 Å². The Morgan fingerprint density at radius 2 is 2.07 bits per heavy atom. The van der Waals surface area contributed by atoms with E-state index in [0.29, 0.717) is 5.56 Å². The molecule has 2 unspecified atom stereocenters. The van der Waals surface area contributed by atoms with Gasteiger partial charge in [0.1, 0.15) is 30.4 Å². The molecule has 0 aromatic heterocycles. The summed E-state index contributed by atoms with van der Waals surface area (Å²) in [5, 5.41) is 5.02. The van der Waals surface area contributed by atoms with E-state index in [1.54, 1.807) is 37.3 Å². The molecule has 0 saturated heterocycles. The van der Waals surface area contributed by atoms with Crippen LogP contribution in [-0.4, -0.2) is 43.3 Å². The van der Waals surface area contributed by atoms with Crippen LogP contribution in [0.25, 0.3) is 0 Å². The number of nitrogens with one attached hydrogen (secondary N) is 3. The van der Waals surface area contributed by atoms with Crippen LogP contribution in [-0.2, 0) is 30.5 Å². The molecule has 1 aromatic carbocycles. The molecule has 0 radical (unpaired) electrons. The zero-order valence-electron chi connectivity index (χ0n) is 16.1. The number of rotatable bonds is 9. The fraction of sp³-hybridized carbons (Fsp3) is 0.389. The molecule has 2 amide bonds. The maximum absolute atomic E-state index is 12.4. The second-order valence-corrected chi connectivity index (χ2v) is 6.07. The normalized spacial score (nSPS) is 18.0. The lowest BCUT2D eigenvalue weighted by Crippen LogP contribution is -2.49. The van der Waals surface area contributed by atoms with Crippen molar-refractivity contribution in [1.82, 2.24) is 16.1 Å². The Morgan fingerprint density at radius 3 is 2.71 bits per heavy atom. The van der Waals surface area contributed by atoms with Crippen LogP contribution in [0.15, 0.2) is 41.6 Å². The molecule has 0 saturated carbocycles. The quantitative estimate of drug-likeness (QED) is 0.414. The molecule has 2 rings (SSSR count). The van der Waals surface area contributed by atoms with E-state index in [4.69, 9.17) is 27.3 Å². The molecule has 1 aliphatic heterocycles. The maximum Gasteiger partial charge on any atom is 0.408 e. The molecule has 152 valence electrons. The highest BCUT2D eigenvalue weighted by Crippen LogP contribution is 2.15. The summed E-state index contributed by atoms with van der Waals surface area (Å²) in [6.07, 6.45) is -0.0217. The standard InChI is InChI=1S/C18H22ClN3O6/c1-2-26-16(23)10-20-17(24)14(8-13-9-15(19)22-28-13)21-18(25)27-11-12-6-4-3-5-7-12/h3-7,9,13-14,22H,2,8,10-11H2,1H3,(H,20,24)(H,21,25)/t13?,14-/m0/s1/i11D/t11?,13?,14-. The molecule has 0 spiro atoms. The number of hydrogen-bond donors (Lipinski definition) is 3. The highest BCUT2D eigenvalue weighted by molar-refractivity contribution is 6.29. The first-order valence-corrected chi connectivity index (χ1v) is 8.93. The van der Waals surface area contributed by atoms with Gasteiger partial charge in [-0.2, -0.15) is 0 Å². The lowest BCUT2D eigenvalue weighted by molar-refractivity contribution is -0.143. The Kier molecular flexibility index (Phi) is 7.95. The number of hydrogen-bond acceptors (Lipinski definition) is 7. The van der Waals surface area contributed by atoms with Crippen molar-refractivity contribution in [2.75, 3.05) is 13.2 Å². The largest absolute Gasteiger partial charge is 0.465 e. The number of halogens is 1. The van der Waals surface area contributed by atoms with Crippen molar-refractivity contribution in [1.29, 1.82) is 0 Å². The average molecular weight is 413 g/mol. The van der Waals surface area contributed by atoms with Gasteiger partial charge in [0.05, 0.1) is 7.98 Å². The molecule has 28 heavy (non-hydrogen) atoms.